The Morgan fingerprint density at radius 3 is 2.37 bits per heavy atom. The van der Waals surface area contributed by atoms with E-state index in [1.54, 1.807) is 0 Å². The first-order valence-electron chi connectivity index (χ1n) is 7.34. The van der Waals surface area contributed by atoms with Crippen molar-refractivity contribution in [3.63, 3.8) is 0 Å². The van der Waals surface area contributed by atoms with E-state index in [9.17, 15) is 0 Å². The number of likely N-dealkylation sites (N-methyl/N-ethyl adjacent to an activating group) is 1. The van der Waals surface area contributed by atoms with E-state index in [4.69, 9.17) is 5.73 Å². The van der Waals surface area contributed by atoms with Crippen LogP contribution in [0.2, 0.25) is 0 Å². The Kier molecular flexibility index (Phi) is 6.02. The van der Waals surface area contributed by atoms with Crippen LogP contribution in [-0.4, -0.2) is 24.5 Å². The number of hydrogen-bond donors (Lipinski definition) is 1. The van der Waals surface area contributed by atoms with Gasteiger partial charge in [-0.05, 0) is 51.3 Å². The summed E-state index contributed by atoms with van der Waals surface area (Å²) in [4.78, 5) is 2.38. The molecule has 0 aliphatic rings. The highest BCUT2D eigenvalue weighted by Gasteiger charge is 2.16. The van der Waals surface area contributed by atoms with Crippen molar-refractivity contribution in [3.8, 4) is 0 Å². The first-order chi connectivity index (χ1) is 8.81. The third-order valence-corrected chi connectivity index (χ3v) is 3.88. The number of nitrogens with two attached hydrogens (primary N) is 1. The Bertz CT molecular complexity index is 398. The predicted octanol–water partition coefficient (Wildman–Crippen LogP) is 3.67. The van der Waals surface area contributed by atoms with Crippen molar-refractivity contribution in [2.75, 3.05) is 13.6 Å². The lowest BCUT2D eigenvalue weighted by Gasteiger charge is -2.29. The highest BCUT2D eigenvalue weighted by molar-refractivity contribution is 5.33. The summed E-state index contributed by atoms with van der Waals surface area (Å²) >= 11 is 0. The number of rotatable bonds is 6. The molecule has 1 aromatic carbocycles. The van der Waals surface area contributed by atoms with E-state index in [0.29, 0.717) is 6.04 Å². The van der Waals surface area contributed by atoms with Gasteiger partial charge in [-0.2, -0.15) is 0 Å². The summed E-state index contributed by atoms with van der Waals surface area (Å²) in [5, 5.41) is 0. The van der Waals surface area contributed by atoms with Gasteiger partial charge in [0.15, 0.2) is 0 Å². The van der Waals surface area contributed by atoms with Crippen LogP contribution in [-0.2, 0) is 0 Å². The normalized spacial score (nSPS) is 15.0. The van der Waals surface area contributed by atoms with Gasteiger partial charge in [0.05, 0.1) is 0 Å². The van der Waals surface area contributed by atoms with E-state index in [-0.39, 0.29) is 6.04 Å². The van der Waals surface area contributed by atoms with E-state index in [1.807, 2.05) is 0 Å². The highest BCUT2D eigenvalue weighted by atomic mass is 15.1. The van der Waals surface area contributed by atoms with E-state index in [0.717, 1.165) is 12.5 Å². The molecule has 0 saturated heterocycles. The summed E-state index contributed by atoms with van der Waals surface area (Å²) in [5.74, 6) is 0.731. The molecule has 0 aliphatic carbocycles. The minimum absolute atomic E-state index is 0.0968. The number of nitrogens with zero attached hydrogens (tertiary/aromatic N) is 1. The third-order valence-electron chi connectivity index (χ3n) is 3.88. The second-order valence-corrected chi connectivity index (χ2v) is 6.38. The quantitative estimate of drug-likeness (QED) is 0.847. The third kappa shape index (κ3) is 4.96. The highest BCUT2D eigenvalue weighted by Crippen LogP contribution is 2.19. The Morgan fingerprint density at radius 2 is 1.79 bits per heavy atom. The molecule has 1 rings (SSSR count). The molecule has 2 heteroatoms. The lowest BCUT2D eigenvalue weighted by Crippen LogP contribution is -2.36. The molecule has 0 heterocycles. The van der Waals surface area contributed by atoms with Crippen molar-refractivity contribution in [1.29, 1.82) is 0 Å². The molecule has 2 N–H and O–H groups in total. The largest absolute Gasteiger partial charge is 0.323 e. The van der Waals surface area contributed by atoms with Crippen molar-refractivity contribution in [1.82, 2.24) is 4.90 Å². The number of hydrogen-bond acceptors (Lipinski definition) is 2. The van der Waals surface area contributed by atoms with Crippen LogP contribution in [0.4, 0.5) is 0 Å². The smallest absolute Gasteiger partial charge is 0.0426 e. The van der Waals surface area contributed by atoms with E-state index in [1.165, 1.54) is 23.1 Å². The SMILES string of the molecule is Cc1ccc(C)c(C(N)CN(C)C(C)CC(C)C)c1. The molecule has 2 atom stereocenters. The fraction of sp³-hybridized carbons (Fsp3) is 0.647. The topological polar surface area (TPSA) is 29.3 Å². The molecule has 0 aliphatic heterocycles. The summed E-state index contributed by atoms with van der Waals surface area (Å²) in [6.07, 6.45) is 1.22. The summed E-state index contributed by atoms with van der Waals surface area (Å²) < 4.78 is 0. The first-order valence-corrected chi connectivity index (χ1v) is 7.34. The maximum Gasteiger partial charge on any atom is 0.0426 e. The van der Waals surface area contributed by atoms with Crippen LogP contribution < -0.4 is 5.73 Å². The molecule has 0 saturated carbocycles. The van der Waals surface area contributed by atoms with Gasteiger partial charge in [0.25, 0.3) is 0 Å². The second kappa shape index (κ2) is 7.06. The summed E-state index contributed by atoms with van der Waals surface area (Å²) in [7, 11) is 2.18. The monoisotopic (exact) mass is 262 g/mol. The second-order valence-electron chi connectivity index (χ2n) is 6.38. The minimum Gasteiger partial charge on any atom is -0.323 e. The number of aryl methyl sites for hydroxylation is 2. The summed E-state index contributed by atoms with van der Waals surface area (Å²) in [6.45, 7) is 12.0. The van der Waals surface area contributed by atoms with Crippen molar-refractivity contribution < 1.29 is 0 Å². The molecule has 0 amide bonds. The summed E-state index contributed by atoms with van der Waals surface area (Å²) in [6, 6.07) is 7.22. The zero-order valence-electron chi connectivity index (χ0n) is 13.4. The number of benzene rings is 1. The predicted molar refractivity (Wildman–Crippen MR) is 84.4 cm³/mol. The van der Waals surface area contributed by atoms with Crippen LogP contribution in [0.15, 0.2) is 18.2 Å². The van der Waals surface area contributed by atoms with E-state index >= 15 is 0 Å². The Hall–Kier alpha value is -0.860. The van der Waals surface area contributed by atoms with Gasteiger partial charge < -0.3 is 10.6 Å². The van der Waals surface area contributed by atoms with Crippen molar-refractivity contribution in [3.05, 3.63) is 34.9 Å². The maximum atomic E-state index is 6.39. The minimum atomic E-state index is 0.0968. The van der Waals surface area contributed by atoms with Crippen LogP contribution in [0.25, 0.3) is 0 Å². The van der Waals surface area contributed by atoms with E-state index in [2.05, 4.69) is 64.8 Å². The average molecular weight is 262 g/mol. The summed E-state index contributed by atoms with van der Waals surface area (Å²) in [5.41, 5.74) is 10.3. The van der Waals surface area contributed by atoms with Crippen molar-refractivity contribution in [2.45, 2.75) is 53.1 Å². The van der Waals surface area contributed by atoms with Crippen molar-refractivity contribution in [2.24, 2.45) is 11.7 Å². The van der Waals surface area contributed by atoms with Gasteiger partial charge >= 0.3 is 0 Å². The van der Waals surface area contributed by atoms with Gasteiger partial charge in [-0.15, -0.1) is 0 Å². The molecule has 19 heavy (non-hydrogen) atoms. The molecule has 0 bridgehead atoms. The van der Waals surface area contributed by atoms with Crippen molar-refractivity contribution >= 4 is 0 Å². The maximum absolute atomic E-state index is 6.39. The van der Waals surface area contributed by atoms with Crippen LogP contribution >= 0.6 is 0 Å². The van der Waals surface area contributed by atoms with Gasteiger partial charge in [0.2, 0.25) is 0 Å². The molecule has 0 fully saturated rings. The van der Waals surface area contributed by atoms with E-state index < -0.39 is 0 Å². The lowest BCUT2D eigenvalue weighted by molar-refractivity contribution is 0.216. The molecular weight excluding hydrogens is 232 g/mol. The lowest BCUT2D eigenvalue weighted by atomic mass is 9.98. The van der Waals surface area contributed by atoms with Crippen LogP contribution in [0.1, 0.15) is 49.9 Å². The zero-order valence-corrected chi connectivity index (χ0v) is 13.4. The first kappa shape index (κ1) is 16.2. The van der Waals surface area contributed by atoms with Crippen LogP contribution in [0.3, 0.4) is 0 Å². The Balaban J connectivity index is 2.68. The average Bonchev–Trinajstić information content (AvgIpc) is 2.31. The molecule has 2 unspecified atom stereocenters. The molecule has 1 aromatic rings. The fourth-order valence-corrected chi connectivity index (χ4v) is 2.61. The molecule has 0 radical (unpaired) electrons. The molecular formula is C17H30N2. The Labute approximate surface area is 119 Å². The van der Waals surface area contributed by atoms with Gasteiger partial charge in [0, 0.05) is 18.6 Å². The van der Waals surface area contributed by atoms with Gasteiger partial charge in [-0.1, -0.05) is 37.6 Å². The van der Waals surface area contributed by atoms with Crippen LogP contribution in [0, 0.1) is 19.8 Å². The van der Waals surface area contributed by atoms with Gasteiger partial charge in [-0.3, -0.25) is 0 Å². The standard InChI is InChI=1S/C17H30N2/c1-12(2)9-15(5)19(6)11-17(18)16-10-13(3)7-8-14(16)4/h7-8,10,12,15,17H,9,11,18H2,1-6H3. The molecule has 0 aromatic heterocycles. The molecule has 2 nitrogen and oxygen atoms in total. The van der Waals surface area contributed by atoms with Gasteiger partial charge in [-0.25, -0.2) is 0 Å². The fourth-order valence-electron chi connectivity index (χ4n) is 2.61. The molecule has 108 valence electrons. The zero-order chi connectivity index (χ0) is 14.6. The van der Waals surface area contributed by atoms with Crippen LogP contribution in [0.5, 0.6) is 0 Å². The molecule has 0 spiro atoms. The van der Waals surface area contributed by atoms with Gasteiger partial charge in [0.1, 0.15) is 0 Å². The Morgan fingerprint density at radius 1 is 1.16 bits per heavy atom.